The molecule has 0 bridgehead atoms. The molecule has 0 spiro atoms. The lowest BCUT2D eigenvalue weighted by Crippen LogP contribution is -2.33. The second-order valence-electron chi connectivity index (χ2n) is 8.21. The van der Waals surface area contributed by atoms with Crippen LogP contribution in [0.4, 0.5) is 11.4 Å². The van der Waals surface area contributed by atoms with E-state index >= 15 is 0 Å². The molecule has 0 radical (unpaired) electrons. The Morgan fingerprint density at radius 1 is 1.17 bits per heavy atom. The Bertz CT molecular complexity index is 1060. The summed E-state index contributed by atoms with van der Waals surface area (Å²) < 4.78 is 0. The second-order valence-corrected chi connectivity index (χ2v) is 8.61. The number of hydrogen-bond donors (Lipinski definition) is 1. The van der Waals surface area contributed by atoms with Crippen molar-refractivity contribution in [1.82, 2.24) is 4.90 Å². The first kappa shape index (κ1) is 19.1. The maximum absolute atomic E-state index is 13.2. The third kappa shape index (κ3) is 3.06. The van der Waals surface area contributed by atoms with Crippen LogP contribution in [0.5, 0.6) is 0 Å². The van der Waals surface area contributed by atoms with Crippen LogP contribution in [0.2, 0.25) is 5.02 Å². The number of nitro groups is 1. The normalized spacial score (nSPS) is 24.3. The molecule has 1 fully saturated rings. The molecule has 7 heteroatoms. The molecule has 0 saturated carbocycles. The number of halogens is 1. The molecule has 30 heavy (non-hydrogen) atoms. The van der Waals surface area contributed by atoms with Gasteiger partial charge >= 0.3 is 0 Å². The molecule has 1 saturated heterocycles. The van der Waals surface area contributed by atoms with Gasteiger partial charge in [-0.05, 0) is 42.9 Å². The van der Waals surface area contributed by atoms with E-state index in [-0.39, 0.29) is 29.5 Å². The van der Waals surface area contributed by atoms with E-state index in [2.05, 4.69) is 23.5 Å². The van der Waals surface area contributed by atoms with Gasteiger partial charge in [-0.15, -0.1) is 0 Å². The second kappa shape index (κ2) is 7.43. The number of para-hydroxylation sites is 1. The molecule has 6 nitrogen and oxygen atoms in total. The molecule has 0 aromatic heterocycles. The number of benzene rings is 2. The number of nitro benzene ring substituents is 1. The molecule has 2 aliphatic heterocycles. The monoisotopic (exact) mass is 423 g/mol. The number of likely N-dealkylation sites (tertiary alicyclic amines) is 1. The molecule has 3 unspecified atom stereocenters. The highest BCUT2D eigenvalue weighted by molar-refractivity contribution is 6.31. The zero-order valence-corrected chi connectivity index (χ0v) is 17.1. The van der Waals surface area contributed by atoms with Gasteiger partial charge in [0.1, 0.15) is 0 Å². The number of rotatable bonds is 3. The van der Waals surface area contributed by atoms with Gasteiger partial charge in [0.05, 0.1) is 22.2 Å². The molecule has 2 aromatic carbocycles. The van der Waals surface area contributed by atoms with Crippen molar-refractivity contribution >= 4 is 28.9 Å². The third-order valence-corrected chi connectivity index (χ3v) is 6.89. The summed E-state index contributed by atoms with van der Waals surface area (Å²) in [6.45, 7) is 1.57. The van der Waals surface area contributed by atoms with Crippen LogP contribution in [0.25, 0.3) is 0 Å². The fraction of sp³-hybridized carbons (Fsp3) is 0.348. The Balaban J connectivity index is 1.60. The average Bonchev–Trinajstić information content (AvgIpc) is 3.45. The summed E-state index contributed by atoms with van der Waals surface area (Å²) in [5, 5.41) is 15.4. The number of non-ortho nitro benzene ring substituents is 1. The molecule has 1 aliphatic carbocycles. The quantitative estimate of drug-likeness (QED) is 0.412. The number of fused-ring (bicyclic) bond motifs is 3. The maximum Gasteiger partial charge on any atom is 0.269 e. The summed E-state index contributed by atoms with van der Waals surface area (Å²) in [6.07, 6.45) is 7.26. The van der Waals surface area contributed by atoms with Crippen LogP contribution < -0.4 is 5.32 Å². The largest absolute Gasteiger partial charge is 0.377 e. The minimum absolute atomic E-state index is 0.0194. The van der Waals surface area contributed by atoms with Crippen molar-refractivity contribution in [2.75, 3.05) is 18.4 Å². The fourth-order valence-electron chi connectivity index (χ4n) is 5.08. The zero-order chi connectivity index (χ0) is 20.8. The predicted molar refractivity (Wildman–Crippen MR) is 116 cm³/mol. The number of amides is 1. The summed E-state index contributed by atoms with van der Waals surface area (Å²) in [5.74, 6) is 0.378. The Morgan fingerprint density at radius 2 is 1.97 bits per heavy atom. The van der Waals surface area contributed by atoms with Gasteiger partial charge in [-0.2, -0.15) is 0 Å². The van der Waals surface area contributed by atoms with E-state index in [0.717, 1.165) is 43.6 Å². The van der Waals surface area contributed by atoms with Gasteiger partial charge in [0, 0.05) is 41.7 Å². The van der Waals surface area contributed by atoms with Gasteiger partial charge < -0.3 is 10.2 Å². The van der Waals surface area contributed by atoms with E-state index < -0.39 is 4.92 Å². The molecule has 2 heterocycles. The van der Waals surface area contributed by atoms with E-state index in [4.69, 9.17) is 11.6 Å². The van der Waals surface area contributed by atoms with Gasteiger partial charge in [-0.3, -0.25) is 14.9 Å². The molecule has 154 valence electrons. The van der Waals surface area contributed by atoms with Crippen molar-refractivity contribution < 1.29 is 9.72 Å². The van der Waals surface area contributed by atoms with Gasteiger partial charge in [0.15, 0.2) is 0 Å². The highest BCUT2D eigenvalue weighted by Crippen LogP contribution is 2.52. The first-order chi connectivity index (χ1) is 14.5. The van der Waals surface area contributed by atoms with Crippen LogP contribution in [0.15, 0.2) is 48.6 Å². The van der Waals surface area contributed by atoms with E-state index in [9.17, 15) is 14.9 Å². The predicted octanol–water partition coefficient (Wildman–Crippen LogP) is 5.31. The van der Waals surface area contributed by atoms with Gasteiger partial charge in [-0.25, -0.2) is 0 Å². The van der Waals surface area contributed by atoms with Crippen LogP contribution in [-0.2, 0) is 0 Å². The summed E-state index contributed by atoms with van der Waals surface area (Å²) in [4.78, 5) is 26.1. The molecule has 2 aromatic rings. The van der Waals surface area contributed by atoms with Gasteiger partial charge in [-0.1, -0.05) is 35.9 Å². The van der Waals surface area contributed by atoms with E-state index in [1.807, 2.05) is 17.0 Å². The zero-order valence-electron chi connectivity index (χ0n) is 16.4. The maximum atomic E-state index is 13.2. The van der Waals surface area contributed by atoms with Crippen molar-refractivity contribution in [1.29, 1.82) is 0 Å². The summed E-state index contributed by atoms with van der Waals surface area (Å²) >= 11 is 6.50. The standard InChI is InChI=1S/C23H22ClN3O3/c24-20-10-9-14(27(29)30)13-19(20)22-17-6-3-5-15(17)16-7-4-8-18(21(16)25-22)23(28)26-11-1-2-12-26/h3-5,7-10,13,15,17,22,25H,1-2,6,11-12H2. The van der Waals surface area contributed by atoms with Crippen molar-refractivity contribution in [3.63, 3.8) is 0 Å². The SMILES string of the molecule is O=C(c1cccc2c1NC(c1cc([N+](=O)[O-])ccc1Cl)C1CC=CC21)N1CCCC1. The van der Waals surface area contributed by atoms with Crippen LogP contribution in [-0.4, -0.2) is 28.8 Å². The average molecular weight is 424 g/mol. The number of nitrogens with one attached hydrogen (secondary N) is 1. The van der Waals surface area contributed by atoms with Crippen LogP contribution in [0.3, 0.4) is 0 Å². The lowest BCUT2D eigenvalue weighted by molar-refractivity contribution is -0.384. The van der Waals surface area contributed by atoms with Gasteiger partial charge in [0.25, 0.3) is 11.6 Å². The Kier molecular flexibility index (Phi) is 4.74. The molecule has 5 rings (SSSR count). The summed E-state index contributed by atoms with van der Waals surface area (Å²) in [6, 6.07) is 10.3. The van der Waals surface area contributed by atoms with Crippen molar-refractivity contribution in [3.8, 4) is 0 Å². The minimum Gasteiger partial charge on any atom is -0.377 e. The summed E-state index contributed by atoms with van der Waals surface area (Å²) in [5.41, 5.74) is 3.33. The lowest BCUT2D eigenvalue weighted by Gasteiger charge is -2.38. The molecule has 3 aliphatic rings. The fourth-order valence-corrected chi connectivity index (χ4v) is 5.32. The number of carbonyl (C=O) groups excluding carboxylic acids is 1. The third-order valence-electron chi connectivity index (χ3n) is 6.55. The minimum atomic E-state index is -0.399. The van der Waals surface area contributed by atoms with Crippen molar-refractivity contribution in [2.45, 2.75) is 31.2 Å². The van der Waals surface area contributed by atoms with E-state index in [1.165, 1.54) is 6.07 Å². The van der Waals surface area contributed by atoms with Crippen molar-refractivity contribution in [2.24, 2.45) is 5.92 Å². The van der Waals surface area contributed by atoms with Crippen LogP contribution in [0, 0.1) is 16.0 Å². The van der Waals surface area contributed by atoms with E-state index in [1.54, 1.807) is 12.1 Å². The number of carbonyl (C=O) groups is 1. The molecule has 1 N–H and O–H groups in total. The highest BCUT2D eigenvalue weighted by Gasteiger charge is 2.40. The van der Waals surface area contributed by atoms with E-state index in [0.29, 0.717) is 16.1 Å². The summed E-state index contributed by atoms with van der Waals surface area (Å²) in [7, 11) is 0. The van der Waals surface area contributed by atoms with Gasteiger partial charge in [0.2, 0.25) is 0 Å². The number of anilines is 1. The van der Waals surface area contributed by atoms with Crippen LogP contribution in [0.1, 0.15) is 52.7 Å². The smallest absolute Gasteiger partial charge is 0.269 e. The number of hydrogen-bond acceptors (Lipinski definition) is 4. The number of nitrogens with zero attached hydrogens (tertiary/aromatic N) is 2. The molecule has 3 atom stereocenters. The molecular formula is C23H22ClN3O3. The number of allylic oxidation sites excluding steroid dienone is 2. The Labute approximate surface area is 179 Å². The Hall–Kier alpha value is -2.86. The Morgan fingerprint density at radius 3 is 2.73 bits per heavy atom. The van der Waals surface area contributed by atoms with Crippen LogP contribution >= 0.6 is 11.6 Å². The lowest BCUT2D eigenvalue weighted by atomic mass is 9.76. The highest BCUT2D eigenvalue weighted by atomic mass is 35.5. The first-order valence-electron chi connectivity index (χ1n) is 10.3. The topological polar surface area (TPSA) is 75.5 Å². The van der Waals surface area contributed by atoms with Crippen molar-refractivity contribution in [3.05, 3.63) is 80.4 Å². The molecular weight excluding hydrogens is 402 g/mol. The molecule has 1 amide bonds. The first-order valence-corrected chi connectivity index (χ1v) is 10.7.